The lowest BCUT2D eigenvalue weighted by Crippen LogP contribution is -2.22. The second-order valence-corrected chi connectivity index (χ2v) is 5.14. The lowest BCUT2D eigenvalue weighted by Gasteiger charge is -2.08. The monoisotopic (exact) mass is 282 g/mol. The zero-order valence-electron chi connectivity index (χ0n) is 12.6. The maximum Gasteiger partial charge on any atom is 0.138 e. The van der Waals surface area contributed by atoms with Crippen molar-refractivity contribution in [1.29, 1.82) is 0 Å². The summed E-state index contributed by atoms with van der Waals surface area (Å²) in [6.45, 7) is 5.57. The highest BCUT2D eigenvalue weighted by Gasteiger charge is 1.98. The van der Waals surface area contributed by atoms with Gasteiger partial charge in [-0.1, -0.05) is 50.3 Å². The van der Waals surface area contributed by atoms with Gasteiger partial charge in [0.2, 0.25) is 0 Å². The van der Waals surface area contributed by atoms with Crippen molar-refractivity contribution in [3.63, 3.8) is 0 Å². The molecule has 3 heteroatoms. The second-order valence-electron chi connectivity index (χ2n) is 5.14. The second kappa shape index (κ2) is 8.22. The van der Waals surface area contributed by atoms with Crippen molar-refractivity contribution in [2.45, 2.75) is 26.4 Å². The summed E-state index contributed by atoms with van der Waals surface area (Å²) in [6.07, 6.45) is 5.83. The van der Waals surface area contributed by atoms with Gasteiger partial charge in [0.05, 0.1) is 11.9 Å². The van der Waals surface area contributed by atoms with E-state index in [9.17, 15) is 0 Å². The molecule has 110 valence electrons. The summed E-state index contributed by atoms with van der Waals surface area (Å²) >= 11 is 0. The molecule has 21 heavy (non-hydrogen) atoms. The molecule has 0 atom stereocenters. The van der Waals surface area contributed by atoms with Gasteiger partial charge in [0.25, 0.3) is 0 Å². The molecular formula is C18H22N2O. The standard InChI is InChI=1S/C18H22N2O/c1-15(2)19-13-17-10-11-18(14-20-17)21-12-6-9-16-7-4-3-5-8-16/h3-11,14-15,19H,12-13H2,1-2H3. The van der Waals surface area contributed by atoms with E-state index in [0.717, 1.165) is 18.0 Å². The number of ether oxygens (including phenoxy) is 1. The molecule has 2 aromatic rings. The summed E-state index contributed by atoms with van der Waals surface area (Å²) in [5, 5.41) is 3.34. The Kier molecular flexibility index (Phi) is 5.98. The van der Waals surface area contributed by atoms with Gasteiger partial charge in [-0.15, -0.1) is 0 Å². The third-order valence-electron chi connectivity index (χ3n) is 2.95. The summed E-state index contributed by atoms with van der Waals surface area (Å²) in [4.78, 5) is 4.38. The summed E-state index contributed by atoms with van der Waals surface area (Å²) in [5.41, 5.74) is 2.20. The van der Waals surface area contributed by atoms with Gasteiger partial charge in [0, 0.05) is 12.6 Å². The van der Waals surface area contributed by atoms with Crippen LogP contribution in [0.2, 0.25) is 0 Å². The Morgan fingerprint density at radius 1 is 1.14 bits per heavy atom. The van der Waals surface area contributed by atoms with Crippen LogP contribution < -0.4 is 10.1 Å². The van der Waals surface area contributed by atoms with Crippen molar-refractivity contribution in [3.05, 3.63) is 66.0 Å². The van der Waals surface area contributed by atoms with E-state index in [1.54, 1.807) is 6.20 Å². The summed E-state index contributed by atoms with van der Waals surface area (Å²) < 4.78 is 5.64. The van der Waals surface area contributed by atoms with E-state index in [4.69, 9.17) is 4.74 Å². The van der Waals surface area contributed by atoms with Crippen LogP contribution in [0.4, 0.5) is 0 Å². The maximum atomic E-state index is 5.64. The molecule has 0 radical (unpaired) electrons. The zero-order chi connectivity index (χ0) is 14.9. The molecule has 0 spiro atoms. The number of rotatable bonds is 7. The number of hydrogen-bond donors (Lipinski definition) is 1. The van der Waals surface area contributed by atoms with Gasteiger partial charge in [0.1, 0.15) is 12.4 Å². The van der Waals surface area contributed by atoms with Gasteiger partial charge in [-0.3, -0.25) is 4.98 Å². The van der Waals surface area contributed by atoms with E-state index in [1.807, 2.05) is 42.5 Å². The Balaban J connectivity index is 1.77. The van der Waals surface area contributed by atoms with Gasteiger partial charge in [-0.05, 0) is 23.8 Å². The van der Waals surface area contributed by atoms with Crippen LogP contribution in [0.25, 0.3) is 6.08 Å². The van der Waals surface area contributed by atoms with Crippen LogP contribution in [0.3, 0.4) is 0 Å². The average Bonchev–Trinajstić information content (AvgIpc) is 2.52. The Bertz CT molecular complexity index is 547. The number of benzene rings is 1. The number of nitrogens with one attached hydrogen (secondary N) is 1. The average molecular weight is 282 g/mol. The van der Waals surface area contributed by atoms with Gasteiger partial charge in [-0.25, -0.2) is 0 Å². The molecule has 0 aliphatic carbocycles. The fraction of sp³-hybridized carbons (Fsp3) is 0.278. The van der Waals surface area contributed by atoms with Gasteiger partial charge < -0.3 is 10.1 Å². The minimum Gasteiger partial charge on any atom is -0.488 e. The SMILES string of the molecule is CC(C)NCc1ccc(OCC=Cc2ccccc2)cn1. The van der Waals surface area contributed by atoms with E-state index < -0.39 is 0 Å². The van der Waals surface area contributed by atoms with Crippen LogP contribution in [0.5, 0.6) is 5.75 Å². The van der Waals surface area contributed by atoms with Crippen LogP contribution in [0.15, 0.2) is 54.7 Å². The molecular weight excluding hydrogens is 260 g/mol. The molecule has 2 rings (SSSR count). The quantitative estimate of drug-likeness (QED) is 0.841. The first-order valence-corrected chi connectivity index (χ1v) is 7.27. The third-order valence-corrected chi connectivity index (χ3v) is 2.95. The summed E-state index contributed by atoms with van der Waals surface area (Å²) in [6, 6.07) is 14.6. The van der Waals surface area contributed by atoms with Crippen molar-refractivity contribution in [2.75, 3.05) is 6.61 Å². The fourth-order valence-electron chi connectivity index (χ4n) is 1.80. The number of hydrogen-bond acceptors (Lipinski definition) is 3. The molecule has 3 nitrogen and oxygen atoms in total. The molecule has 0 aliphatic rings. The highest BCUT2D eigenvalue weighted by Crippen LogP contribution is 2.09. The molecule has 0 saturated carbocycles. The molecule has 0 aliphatic heterocycles. The van der Waals surface area contributed by atoms with Crippen molar-refractivity contribution >= 4 is 6.08 Å². The van der Waals surface area contributed by atoms with Crippen LogP contribution in [-0.2, 0) is 6.54 Å². The molecule has 1 aromatic heterocycles. The Morgan fingerprint density at radius 3 is 2.62 bits per heavy atom. The normalized spacial score (nSPS) is 11.2. The first kappa shape index (κ1) is 15.3. The Hall–Kier alpha value is -2.13. The van der Waals surface area contributed by atoms with E-state index in [0.29, 0.717) is 12.6 Å². The third kappa shape index (κ3) is 5.79. The highest BCUT2D eigenvalue weighted by molar-refractivity contribution is 5.48. The smallest absolute Gasteiger partial charge is 0.138 e. The molecule has 0 amide bonds. The molecule has 0 unspecified atom stereocenters. The number of pyridine rings is 1. The minimum atomic E-state index is 0.464. The van der Waals surface area contributed by atoms with E-state index >= 15 is 0 Å². The molecule has 1 aromatic carbocycles. The van der Waals surface area contributed by atoms with Crippen LogP contribution in [0, 0.1) is 0 Å². The molecule has 0 fully saturated rings. The lowest BCUT2D eigenvalue weighted by atomic mass is 10.2. The number of aromatic nitrogens is 1. The van der Waals surface area contributed by atoms with Gasteiger partial charge in [-0.2, -0.15) is 0 Å². The largest absolute Gasteiger partial charge is 0.488 e. The van der Waals surface area contributed by atoms with Crippen molar-refractivity contribution in [2.24, 2.45) is 0 Å². The van der Waals surface area contributed by atoms with E-state index in [1.165, 1.54) is 5.56 Å². The van der Waals surface area contributed by atoms with Crippen molar-refractivity contribution in [3.8, 4) is 5.75 Å². The van der Waals surface area contributed by atoms with Crippen LogP contribution in [0.1, 0.15) is 25.1 Å². The molecule has 0 saturated heterocycles. The number of nitrogens with zero attached hydrogens (tertiary/aromatic N) is 1. The van der Waals surface area contributed by atoms with Gasteiger partial charge in [0.15, 0.2) is 0 Å². The summed E-state index contributed by atoms with van der Waals surface area (Å²) in [5.74, 6) is 0.793. The fourth-order valence-corrected chi connectivity index (χ4v) is 1.80. The maximum absolute atomic E-state index is 5.64. The molecule has 1 heterocycles. The molecule has 0 bridgehead atoms. The predicted molar refractivity (Wildman–Crippen MR) is 87.2 cm³/mol. The topological polar surface area (TPSA) is 34.1 Å². The first-order chi connectivity index (χ1) is 10.2. The predicted octanol–water partition coefficient (Wildman–Crippen LogP) is 3.67. The van der Waals surface area contributed by atoms with E-state index in [2.05, 4.69) is 36.3 Å². The van der Waals surface area contributed by atoms with Crippen LogP contribution >= 0.6 is 0 Å². The first-order valence-electron chi connectivity index (χ1n) is 7.27. The van der Waals surface area contributed by atoms with Crippen molar-refractivity contribution in [1.82, 2.24) is 10.3 Å². The van der Waals surface area contributed by atoms with Gasteiger partial charge >= 0.3 is 0 Å². The highest BCUT2D eigenvalue weighted by atomic mass is 16.5. The zero-order valence-corrected chi connectivity index (χ0v) is 12.6. The lowest BCUT2D eigenvalue weighted by molar-refractivity contribution is 0.361. The van der Waals surface area contributed by atoms with Crippen molar-refractivity contribution < 1.29 is 4.74 Å². The molecule has 1 N–H and O–H groups in total. The Morgan fingerprint density at radius 2 is 1.95 bits per heavy atom. The minimum absolute atomic E-state index is 0.464. The van der Waals surface area contributed by atoms with E-state index in [-0.39, 0.29) is 0 Å². The Labute approximate surface area is 126 Å². The van der Waals surface area contributed by atoms with Crippen LogP contribution in [-0.4, -0.2) is 17.6 Å². The summed E-state index contributed by atoms with van der Waals surface area (Å²) in [7, 11) is 0.